The van der Waals surface area contributed by atoms with E-state index in [1.54, 1.807) is 0 Å². The fourth-order valence-electron chi connectivity index (χ4n) is 6.47. The first-order chi connectivity index (χ1) is 15.4. The van der Waals surface area contributed by atoms with E-state index in [1.165, 1.54) is 4.90 Å². The van der Waals surface area contributed by atoms with Gasteiger partial charge in [-0.05, 0) is 54.8 Å². The highest BCUT2D eigenvalue weighted by molar-refractivity contribution is 5.94. The first kappa shape index (κ1) is 23.9. The molecule has 2 bridgehead atoms. The Morgan fingerprint density at radius 2 is 1.94 bits per heavy atom. The van der Waals surface area contributed by atoms with Crippen LogP contribution in [0, 0.1) is 35.0 Å². The number of carbonyl (C=O) groups is 4. The molecule has 9 atom stereocenters. The highest BCUT2D eigenvalue weighted by Gasteiger charge is 2.63. The maximum Gasteiger partial charge on any atom is 0.243 e. The van der Waals surface area contributed by atoms with Crippen LogP contribution in [0.25, 0.3) is 0 Å². The highest BCUT2D eigenvalue weighted by atomic mass is 19.1. The summed E-state index contributed by atoms with van der Waals surface area (Å²) in [6.45, 7) is 6.46. The lowest BCUT2D eigenvalue weighted by Gasteiger charge is -2.35. The van der Waals surface area contributed by atoms with Crippen molar-refractivity contribution in [3.8, 4) is 0 Å². The minimum Gasteiger partial charge on any atom is -0.368 e. The maximum atomic E-state index is 14.7. The molecule has 6 N–H and O–H groups in total. The van der Waals surface area contributed by atoms with Gasteiger partial charge in [-0.2, -0.15) is 0 Å². The van der Waals surface area contributed by atoms with Gasteiger partial charge in [0.15, 0.2) is 0 Å². The van der Waals surface area contributed by atoms with Crippen molar-refractivity contribution in [1.29, 1.82) is 0 Å². The van der Waals surface area contributed by atoms with Crippen LogP contribution in [0.3, 0.4) is 0 Å². The van der Waals surface area contributed by atoms with Crippen molar-refractivity contribution >= 4 is 23.6 Å². The van der Waals surface area contributed by atoms with Crippen LogP contribution in [0.2, 0.25) is 0 Å². The van der Waals surface area contributed by atoms with E-state index >= 15 is 0 Å². The Labute approximate surface area is 193 Å². The predicted octanol–water partition coefficient (Wildman–Crippen LogP) is -0.323. The Hall–Kier alpha value is -2.23. The van der Waals surface area contributed by atoms with Gasteiger partial charge in [0.25, 0.3) is 0 Å². The quantitative estimate of drug-likeness (QED) is 0.424. The monoisotopic (exact) mass is 465 g/mol. The van der Waals surface area contributed by atoms with Gasteiger partial charge in [0.05, 0.1) is 6.04 Å². The summed E-state index contributed by atoms with van der Waals surface area (Å²) in [6, 6.07) is -2.76. The summed E-state index contributed by atoms with van der Waals surface area (Å²) in [5.41, 5.74) is 11.3. The zero-order valence-corrected chi connectivity index (χ0v) is 19.6. The summed E-state index contributed by atoms with van der Waals surface area (Å²) >= 11 is 0. The first-order valence-electron chi connectivity index (χ1n) is 12.0. The minimum atomic E-state index is -1.04. The lowest BCUT2D eigenvalue weighted by molar-refractivity contribution is -0.143. The fraction of sp³-hybridized carbons (Fsp3) is 0.826. The molecule has 4 amide bonds. The molecule has 0 aromatic carbocycles. The second-order valence-corrected chi connectivity index (χ2v) is 11.4. The summed E-state index contributed by atoms with van der Waals surface area (Å²) in [4.78, 5) is 52.5. The van der Waals surface area contributed by atoms with E-state index in [9.17, 15) is 23.6 Å². The number of nitrogens with two attached hydrogens (primary N) is 2. The molecule has 184 valence electrons. The van der Waals surface area contributed by atoms with E-state index in [2.05, 4.69) is 10.6 Å². The smallest absolute Gasteiger partial charge is 0.243 e. The molecular weight excluding hydrogens is 429 g/mol. The number of likely N-dealkylation sites (tertiary alicyclic amines) is 1. The van der Waals surface area contributed by atoms with Gasteiger partial charge in [-0.1, -0.05) is 20.8 Å². The average Bonchev–Trinajstić information content (AvgIpc) is 3.47. The molecule has 2 aliphatic heterocycles. The molecule has 2 saturated heterocycles. The van der Waals surface area contributed by atoms with Crippen LogP contribution in [-0.4, -0.2) is 65.9 Å². The highest BCUT2D eigenvalue weighted by Crippen LogP contribution is 2.58. The summed E-state index contributed by atoms with van der Waals surface area (Å²) in [6.07, 6.45) is 0.849. The number of halogens is 1. The Morgan fingerprint density at radius 3 is 2.52 bits per heavy atom. The van der Waals surface area contributed by atoms with E-state index in [-0.39, 0.29) is 41.9 Å². The SMILES string of the molecule is CC(C)(C)[C@H](N)C(=O)N1CC2C3CC(F)C(C3)C2C1C(=O)N[C@@H](C[C@@H]1CCNC1=O)C(N)=O. The number of fused-ring (bicyclic) bond motifs is 5. The fourth-order valence-corrected chi connectivity index (χ4v) is 6.47. The normalized spacial score (nSPS) is 36.9. The third-order valence-corrected chi connectivity index (χ3v) is 8.36. The summed E-state index contributed by atoms with van der Waals surface area (Å²) in [5, 5.41) is 5.42. The van der Waals surface area contributed by atoms with Crippen LogP contribution in [0.5, 0.6) is 0 Å². The van der Waals surface area contributed by atoms with Crippen molar-refractivity contribution in [3.63, 3.8) is 0 Å². The Balaban J connectivity index is 1.57. The van der Waals surface area contributed by atoms with Gasteiger partial charge in [-0.15, -0.1) is 0 Å². The van der Waals surface area contributed by atoms with Crippen molar-refractivity contribution in [2.75, 3.05) is 13.1 Å². The Kier molecular flexibility index (Phi) is 6.18. The second-order valence-electron chi connectivity index (χ2n) is 11.4. The molecule has 10 heteroatoms. The number of nitrogens with zero attached hydrogens (tertiary/aromatic N) is 1. The molecular formula is C23H36FN5O4. The van der Waals surface area contributed by atoms with Crippen LogP contribution in [0.1, 0.15) is 46.5 Å². The zero-order valence-electron chi connectivity index (χ0n) is 19.6. The number of hydrogen-bond donors (Lipinski definition) is 4. The van der Waals surface area contributed by atoms with Gasteiger partial charge in [0.2, 0.25) is 23.6 Å². The summed E-state index contributed by atoms with van der Waals surface area (Å²) < 4.78 is 14.7. The van der Waals surface area contributed by atoms with Crippen LogP contribution in [0.15, 0.2) is 0 Å². The maximum absolute atomic E-state index is 14.7. The van der Waals surface area contributed by atoms with Gasteiger partial charge in [-0.25, -0.2) is 4.39 Å². The number of rotatable bonds is 6. The number of nitrogens with one attached hydrogen (secondary N) is 2. The summed E-state index contributed by atoms with van der Waals surface area (Å²) in [7, 11) is 0. The van der Waals surface area contributed by atoms with Crippen molar-refractivity contribution in [1.82, 2.24) is 15.5 Å². The van der Waals surface area contributed by atoms with Crippen LogP contribution in [0.4, 0.5) is 4.39 Å². The van der Waals surface area contributed by atoms with E-state index in [1.807, 2.05) is 20.8 Å². The van der Waals surface area contributed by atoms with E-state index in [0.717, 1.165) is 6.42 Å². The van der Waals surface area contributed by atoms with Gasteiger partial charge in [-0.3, -0.25) is 19.2 Å². The molecule has 0 radical (unpaired) electrons. The molecule has 4 fully saturated rings. The van der Waals surface area contributed by atoms with E-state index in [4.69, 9.17) is 11.5 Å². The van der Waals surface area contributed by atoms with Gasteiger partial charge in [0, 0.05) is 19.0 Å². The van der Waals surface area contributed by atoms with Crippen molar-refractivity contribution in [2.45, 2.75) is 70.8 Å². The van der Waals surface area contributed by atoms with Gasteiger partial charge >= 0.3 is 0 Å². The molecule has 6 unspecified atom stereocenters. The number of hydrogen-bond acceptors (Lipinski definition) is 5. The molecule has 2 saturated carbocycles. The van der Waals surface area contributed by atoms with Crippen molar-refractivity contribution in [3.05, 3.63) is 0 Å². The molecule has 4 aliphatic rings. The first-order valence-corrected chi connectivity index (χ1v) is 12.0. The average molecular weight is 466 g/mol. The Morgan fingerprint density at radius 1 is 1.24 bits per heavy atom. The molecule has 4 rings (SSSR count). The number of primary amides is 1. The zero-order chi connectivity index (χ0) is 24.2. The van der Waals surface area contributed by atoms with Crippen molar-refractivity contribution in [2.24, 2.45) is 46.5 Å². The van der Waals surface area contributed by atoms with Gasteiger partial charge < -0.3 is 27.0 Å². The molecule has 0 aromatic rings. The molecule has 0 aromatic heterocycles. The largest absolute Gasteiger partial charge is 0.368 e. The standard InChI is InChI=1S/C23H36FN5O4/c1-23(2,3)18(25)22(33)29-9-13-11-6-12(14(24)7-11)16(13)17(29)21(32)28-15(19(26)30)8-10-4-5-27-20(10)31/h10-18H,4-9,25H2,1-3H3,(H2,26,30)(H,27,31)(H,28,32)/t10-,11?,12?,13?,14?,15-,16?,17?,18+/m0/s1. The number of carbonyl (C=O) groups excluding carboxylic acids is 4. The predicted molar refractivity (Wildman–Crippen MR) is 118 cm³/mol. The van der Waals surface area contributed by atoms with Gasteiger partial charge in [0.1, 0.15) is 18.3 Å². The minimum absolute atomic E-state index is 0.0431. The molecule has 9 nitrogen and oxygen atoms in total. The summed E-state index contributed by atoms with van der Waals surface area (Å²) in [5.74, 6) is -2.58. The topological polar surface area (TPSA) is 148 Å². The number of alkyl halides is 1. The van der Waals surface area contributed by atoms with E-state index < -0.39 is 47.4 Å². The number of amides is 4. The molecule has 33 heavy (non-hydrogen) atoms. The lowest BCUT2D eigenvalue weighted by Crippen LogP contribution is -2.59. The lowest BCUT2D eigenvalue weighted by atomic mass is 9.77. The molecule has 2 heterocycles. The van der Waals surface area contributed by atoms with Crippen LogP contribution >= 0.6 is 0 Å². The third kappa shape index (κ3) is 4.22. The van der Waals surface area contributed by atoms with E-state index in [0.29, 0.717) is 25.9 Å². The molecule has 0 spiro atoms. The Bertz CT molecular complexity index is 845. The second kappa shape index (κ2) is 8.52. The van der Waals surface area contributed by atoms with Crippen LogP contribution in [-0.2, 0) is 19.2 Å². The van der Waals surface area contributed by atoms with Crippen LogP contribution < -0.4 is 22.1 Å². The van der Waals surface area contributed by atoms with Crippen molar-refractivity contribution < 1.29 is 23.6 Å². The third-order valence-electron chi connectivity index (χ3n) is 8.36. The molecule has 2 aliphatic carbocycles.